The minimum Gasteiger partial charge on any atom is -0.285 e. The van der Waals surface area contributed by atoms with Crippen molar-refractivity contribution in [3.8, 4) is 0 Å². The molecule has 1 amide bonds. The largest absolute Gasteiger partial charge is 0.285 e. The molecule has 0 aliphatic rings. The number of thioether (sulfide) groups is 1. The molecule has 0 bridgehead atoms. The number of amides is 1. The van der Waals surface area contributed by atoms with E-state index >= 15 is 0 Å². The van der Waals surface area contributed by atoms with Crippen LogP contribution in [0.5, 0.6) is 0 Å². The molecule has 21 heavy (non-hydrogen) atoms. The fourth-order valence-electron chi connectivity index (χ4n) is 1.28. The van der Waals surface area contributed by atoms with E-state index in [0.717, 1.165) is 11.8 Å². The van der Waals surface area contributed by atoms with Crippen LogP contribution in [0.4, 0.5) is 0 Å². The van der Waals surface area contributed by atoms with E-state index in [2.05, 4.69) is 4.99 Å². The summed E-state index contributed by atoms with van der Waals surface area (Å²) in [4.78, 5) is 15.5. The molecule has 0 saturated carbocycles. The molecule has 1 N–H and O–H groups in total. The van der Waals surface area contributed by atoms with Crippen molar-refractivity contribution in [3.05, 3.63) is 35.9 Å². The van der Waals surface area contributed by atoms with Crippen molar-refractivity contribution in [2.45, 2.75) is 18.6 Å². The Balaban J connectivity index is 2.72. The third-order valence-corrected chi connectivity index (χ3v) is 4.53. The van der Waals surface area contributed by atoms with Crippen LogP contribution < -0.4 is 0 Å². The summed E-state index contributed by atoms with van der Waals surface area (Å²) in [6.07, 6.45) is 0.880. The second-order valence-electron chi connectivity index (χ2n) is 4.63. The highest BCUT2D eigenvalue weighted by Gasteiger charge is 2.29. The molecule has 1 rings (SSSR count). The van der Waals surface area contributed by atoms with Gasteiger partial charge < -0.3 is 0 Å². The van der Waals surface area contributed by atoms with Crippen LogP contribution >= 0.6 is 24.0 Å². The van der Waals surface area contributed by atoms with Crippen LogP contribution in [-0.4, -0.2) is 39.8 Å². The Morgan fingerprint density at radius 3 is 2.48 bits per heavy atom. The van der Waals surface area contributed by atoms with Gasteiger partial charge in [-0.15, -0.1) is 0 Å². The Morgan fingerprint density at radius 2 is 1.95 bits per heavy atom. The minimum absolute atomic E-state index is 0.519. The van der Waals surface area contributed by atoms with E-state index in [1.54, 1.807) is 13.8 Å². The Hall–Kier alpha value is -1.09. The zero-order valence-corrected chi connectivity index (χ0v) is 14.0. The first-order valence-corrected chi connectivity index (χ1v) is 8.76. The average Bonchev–Trinajstić information content (AvgIpc) is 2.37. The minimum atomic E-state index is -4.17. The summed E-state index contributed by atoms with van der Waals surface area (Å²) < 4.78 is 29.3. The highest BCUT2D eigenvalue weighted by Crippen LogP contribution is 2.30. The molecule has 5 nitrogen and oxygen atoms in total. The number of thiocarbonyl (C=S) groups is 1. The van der Waals surface area contributed by atoms with E-state index in [9.17, 15) is 13.2 Å². The molecule has 0 aliphatic carbocycles. The maximum absolute atomic E-state index is 12.0. The first-order valence-electron chi connectivity index (χ1n) is 5.92. The number of aliphatic imine (C=N–C) groups is 1. The third kappa shape index (κ3) is 6.47. The zero-order valence-electron chi connectivity index (χ0n) is 11.5. The van der Waals surface area contributed by atoms with Gasteiger partial charge in [0.15, 0.2) is 0 Å². The van der Waals surface area contributed by atoms with Crippen molar-refractivity contribution in [2.24, 2.45) is 4.99 Å². The lowest BCUT2D eigenvalue weighted by Gasteiger charge is -2.20. The van der Waals surface area contributed by atoms with Crippen molar-refractivity contribution in [2.75, 3.05) is 5.75 Å². The molecule has 1 aromatic rings. The highest BCUT2D eigenvalue weighted by molar-refractivity contribution is 8.25. The summed E-state index contributed by atoms with van der Waals surface area (Å²) in [5.74, 6) is -1.21. The summed E-state index contributed by atoms with van der Waals surface area (Å²) in [7, 11) is -4.17. The van der Waals surface area contributed by atoms with Crippen LogP contribution in [0.25, 0.3) is 0 Å². The predicted molar refractivity (Wildman–Crippen MR) is 89.7 cm³/mol. The maximum atomic E-state index is 12.0. The molecule has 0 atom stereocenters. The summed E-state index contributed by atoms with van der Waals surface area (Å²) in [6, 6.07) is 9.25. The standard InChI is InChI=1S/C13H15NO4S3/c1-13(2,12(15)14-8-9-21(16,17)18)20-11(19)10-6-4-3-5-7-10/h3-8H,9H2,1-2H3,(H,16,17,18)/b14-8-. The smallest absolute Gasteiger partial charge is 0.270 e. The number of rotatable bonds is 5. The molecule has 0 spiro atoms. The predicted octanol–water partition coefficient (Wildman–Crippen LogP) is 2.36. The fourth-order valence-corrected chi connectivity index (χ4v) is 3.16. The van der Waals surface area contributed by atoms with Gasteiger partial charge in [0.1, 0.15) is 5.75 Å². The first-order chi connectivity index (χ1) is 9.62. The van der Waals surface area contributed by atoms with Crippen LogP contribution in [0, 0.1) is 0 Å². The normalized spacial score (nSPS) is 12.5. The molecule has 0 aliphatic heterocycles. The van der Waals surface area contributed by atoms with Gasteiger partial charge in [-0.2, -0.15) is 8.42 Å². The molecule has 114 valence electrons. The molecular weight excluding hydrogens is 330 g/mol. The molecule has 0 radical (unpaired) electrons. The van der Waals surface area contributed by atoms with E-state index in [1.807, 2.05) is 30.3 Å². The number of carbonyl (C=O) groups excluding carboxylic acids is 1. The lowest BCUT2D eigenvalue weighted by molar-refractivity contribution is -0.119. The topological polar surface area (TPSA) is 83.8 Å². The van der Waals surface area contributed by atoms with Gasteiger partial charge in [0, 0.05) is 6.21 Å². The Morgan fingerprint density at radius 1 is 1.38 bits per heavy atom. The van der Waals surface area contributed by atoms with Gasteiger partial charge in [-0.1, -0.05) is 54.3 Å². The number of carbonyl (C=O) groups is 1. The number of hydrogen-bond donors (Lipinski definition) is 1. The highest BCUT2D eigenvalue weighted by atomic mass is 32.2. The van der Waals surface area contributed by atoms with Crippen LogP contribution in [0.1, 0.15) is 19.4 Å². The monoisotopic (exact) mass is 345 g/mol. The quantitative estimate of drug-likeness (QED) is 0.501. The zero-order chi connectivity index (χ0) is 16.1. The van der Waals surface area contributed by atoms with Crippen molar-refractivity contribution >= 4 is 50.4 Å². The second kappa shape index (κ2) is 7.26. The summed E-state index contributed by atoms with van der Waals surface area (Å²) >= 11 is 6.46. The lowest BCUT2D eigenvalue weighted by Crippen LogP contribution is -2.28. The van der Waals surface area contributed by atoms with Crippen LogP contribution in [0.3, 0.4) is 0 Å². The lowest BCUT2D eigenvalue weighted by atomic mass is 10.2. The molecule has 1 aromatic carbocycles. The van der Waals surface area contributed by atoms with E-state index in [0.29, 0.717) is 4.20 Å². The van der Waals surface area contributed by atoms with Crippen molar-refractivity contribution < 1.29 is 17.8 Å². The van der Waals surface area contributed by atoms with Gasteiger partial charge >= 0.3 is 0 Å². The Labute approximate surface area is 133 Å². The fraction of sp³-hybridized carbons (Fsp3) is 0.308. The van der Waals surface area contributed by atoms with Gasteiger partial charge in [0.05, 0.1) is 8.94 Å². The first kappa shape index (κ1) is 18.0. The molecule has 8 heteroatoms. The summed E-state index contributed by atoms with van der Waals surface area (Å²) in [5, 5.41) is 0. The Kier molecular flexibility index (Phi) is 6.21. The number of hydrogen-bond acceptors (Lipinski definition) is 5. The van der Waals surface area contributed by atoms with E-state index in [1.165, 1.54) is 11.8 Å². The van der Waals surface area contributed by atoms with Crippen molar-refractivity contribution in [3.63, 3.8) is 0 Å². The van der Waals surface area contributed by atoms with Crippen LogP contribution in [-0.2, 0) is 14.9 Å². The molecule has 0 aromatic heterocycles. The molecular formula is C13H15NO4S3. The number of nitrogens with zero attached hydrogens (tertiary/aromatic N) is 1. The van der Waals surface area contributed by atoms with E-state index in [-0.39, 0.29) is 0 Å². The van der Waals surface area contributed by atoms with Crippen LogP contribution in [0.2, 0.25) is 0 Å². The van der Waals surface area contributed by atoms with E-state index in [4.69, 9.17) is 16.8 Å². The SMILES string of the molecule is CC(C)(SC(=S)c1ccccc1)C(=O)/N=C\CS(=O)(=O)O. The summed E-state index contributed by atoms with van der Waals surface area (Å²) in [6.45, 7) is 3.31. The molecule has 0 fully saturated rings. The average molecular weight is 345 g/mol. The van der Waals surface area contributed by atoms with Gasteiger partial charge in [0.25, 0.3) is 16.0 Å². The van der Waals surface area contributed by atoms with Gasteiger partial charge in [-0.05, 0) is 19.4 Å². The number of benzene rings is 1. The van der Waals surface area contributed by atoms with Gasteiger partial charge in [-0.3, -0.25) is 9.35 Å². The molecule has 0 heterocycles. The van der Waals surface area contributed by atoms with Crippen molar-refractivity contribution in [1.82, 2.24) is 0 Å². The van der Waals surface area contributed by atoms with Gasteiger partial charge in [-0.25, -0.2) is 4.99 Å². The third-order valence-electron chi connectivity index (χ3n) is 2.37. The Bertz CT molecular complexity index is 651. The van der Waals surface area contributed by atoms with Crippen LogP contribution in [0.15, 0.2) is 35.3 Å². The van der Waals surface area contributed by atoms with Gasteiger partial charge in [0.2, 0.25) is 0 Å². The van der Waals surface area contributed by atoms with E-state index < -0.39 is 26.5 Å². The van der Waals surface area contributed by atoms with Crippen molar-refractivity contribution in [1.29, 1.82) is 0 Å². The summed E-state index contributed by atoms with van der Waals surface area (Å²) in [5.41, 5.74) is 0.834. The maximum Gasteiger partial charge on any atom is 0.270 e. The molecule has 0 unspecified atom stereocenters. The second-order valence-corrected chi connectivity index (χ2v) is 8.43. The molecule has 0 saturated heterocycles.